The number of carboxylic acid groups (broad SMARTS) is 1. The Morgan fingerprint density at radius 1 is 1.29 bits per heavy atom. The van der Waals surface area contributed by atoms with Crippen LogP contribution in [0.3, 0.4) is 0 Å². The van der Waals surface area contributed by atoms with E-state index in [1.54, 1.807) is 18.2 Å². The van der Waals surface area contributed by atoms with Crippen LogP contribution in [0.4, 0.5) is 0 Å². The number of alkyl halides is 2. The molecule has 0 saturated heterocycles. The fourth-order valence-electron chi connectivity index (χ4n) is 1.13. The van der Waals surface area contributed by atoms with Crippen molar-refractivity contribution < 1.29 is 15.0 Å². The third-order valence-corrected chi connectivity index (χ3v) is 3.23. The first-order valence-corrected chi connectivity index (χ1v) is 6.32. The van der Waals surface area contributed by atoms with Crippen LogP contribution in [0, 0.1) is 0 Å². The summed E-state index contributed by atoms with van der Waals surface area (Å²) in [5.41, 5.74) is 0.466. The number of carbonyl (C=O) groups is 1. The summed E-state index contributed by atoms with van der Waals surface area (Å²) in [5.74, 6) is -1.55. The molecule has 1 aromatic carbocycles. The second kappa shape index (κ2) is 5.15. The van der Waals surface area contributed by atoms with Gasteiger partial charge >= 0.3 is 5.97 Å². The van der Waals surface area contributed by atoms with Gasteiger partial charge in [-0.3, -0.25) is 4.79 Å². The molecule has 0 fully saturated rings. The Morgan fingerprint density at radius 2 is 1.86 bits per heavy atom. The first kappa shape index (κ1) is 12.0. The monoisotopic (exact) mass is 418 g/mol. The van der Waals surface area contributed by atoms with Gasteiger partial charge in [-0.2, -0.15) is 0 Å². The summed E-state index contributed by atoms with van der Waals surface area (Å²) in [5, 5.41) is 18.5. The molecule has 0 heterocycles. The Kier molecular flexibility index (Phi) is 4.42. The normalized spacial score (nSPS) is 12.8. The quantitative estimate of drug-likeness (QED) is 0.587. The van der Waals surface area contributed by atoms with E-state index >= 15 is 0 Å². The zero-order chi connectivity index (χ0) is 10.7. The maximum Gasteiger partial charge on any atom is 0.313 e. The third kappa shape index (κ3) is 2.72. The molecule has 76 valence electrons. The largest absolute Gasteiger partial charge is 0.508 e. The summed E-state index contributed by atoms with van der Waals surface area (Å²) in [6, 6.07) is 6.53. The zero-order valence-corrected chi connectivity index (χ0v) is 11.3. The Bertz CT molecular complexity index is 339. The van der Waals surface area contributed by atoms with Gasteiger partial charge in [-0.05, 0) is 6.07 Å². The summed E-state index contributed by atoms with van der Waals surface area (Å²) in [4.78, 5) is 11.0. The van der Waals surface area contributed by atoms with Crippen LogP contribution in [-0.4, -0.2) is 18.1 Å². The van der Waals surface area contributed by atoms with Crippen molar-refractivity contribution in [3.05, 3.63) is 29.8 Å². The molecule has 1 unspecified atom stereocenters. The van der Waals surface area contributed by atoms with Crippen LogP contribution in [0.1, 0.15) is 11.5 Å². The minimum Gasteiger partial charge on any atom is -0.508 e. The van der Waals surface area contributed by atoms with E-state index in [0.717, 1.165) is 0 Å². The van der Waals surface area contributed by atoms with Crippen LogP contribution in [0.25, 0.3) is 0 Å². The summed E-state index contributed by atoms with van der Waals surface area (Å²) >= 11 is 4.07. The minimum absolute atomic E-state index is 0.0400. The fourth-order valence-corrected chi connectivity index (χ4v) is 2.52. The van der Waals surface area contributed by atoms with E-state index in [2.05, 4.69) is 0 Å². The van der Waals surface area contributed by atoms with Crippen molar-refractivity contribution in [2.45, 2.75) is 7.85 Å². The second-order valence-electron chi connectivity index (χ2n) is 2.71. The molecule has 0 aliphatic heterocycles. The number of benzene rings is 1. The van der Waals surface area contributed by atoms with Crippen molar-refractivity contribution in [3.63, 3.8) is 0 Å². The molecule has 1 atom stereocenters. The predicted octanol–water partition coefficient (Wildman–Crippen LogP) is 2.76. The average molecular weight is 418 g/mol. The molecular formula is C9H8I2O3. The van der Waals surface area contributed by atoms with E-state index in [1.165, 1.54) is 6.07 Å². The maximum atomic E-state index is 11.0. The summed E-state index contributed by atoms with van der Waals surface area (Å²) in [6.07, 6.45) is 0. The number of para-hydroxylation sites is 1. The molecular weight excluding hydrogens is 410 g/mol. The third-order valence-electron chi connectivity index (χ3n) is 1.79. The average Bonchev–Trinajstić information content (AvgIpc) is 2.07. The zero-order valence-electron chi connectivity index (χ0n) is 7.02. The molecule has 0 radical (unpaired) electrons. The second-order valence-corrected chi connectivity index (χ2v) is 7.78. The molecule has 0 aliphatic rings. The van der Waals surface area contributed by atoms with Crippen LogP contribution in [0.5, 0.6) is 5.75 Å². The number of hydrogen-bond donors (Lipinski definition) is 2. The van der Waals surface area contributed by atoms with Gasteiger partial charge in [0.05, 0.1) is 1.93 Å². The summed E-state index contributed by atoms with van der Waals surface area (Å²) in [7, 11) is 0. The highest BCUT2D eigenvalue weighted by atomic mass is 127. The maximum absolute atomic E-state index is 11.0. The minimum atomic E-state index is -0.916. The lowest BCUT2D eigenvalue weighted by molar-refractivity contribution is -0.138. The van der Waals surface area contributed by atoms with Gasteiger partial charge in [0.2, 0.25) is 0 Å². The number of hydrogen-bond acceptors (Lipinski definition) is 2. The Labute approximate surface area is 109 Å². The molecule has 14 heavy (non-hydrogen) atoms. The van der Waals surface area contributed by atoms with Crippen LogP contribution in [0.2, 0.25) is 0 Å². The van der Waals surface area contributed by atoms with Crippen molar-refractivity contribution >= 4 is 51.2 Å². The molecule has 0 spiro atoms. The molecule has 0 aliphatic carbocycles. The van der Waals surface area contributed by atoms with Gasteiger partial charge in [0.15, 0.2) is 0 Å². The number of halogens is 2. The number of phenols is 1. The lowest BCUT2D eigenvalue weighted by Gasteiger charge is -2.15. The van der Waals surface area contributed by atoms with Gasteiger partial charge < -0.3 is 10.2 Å². The molecule has 0 aromatic heterocycles. The molecule has 1 rings (SSSR count). The van der Waals surface area contributed by atoms with Crippen LogP contribution < -0.4 is 0 Å². The molecule has 0 bridgehead atoms. The van der Waals surface area contributed by atoms with E-state index in [9.17, 15) is 9.90 Å². The molecule has 3 nitrogen and oxygen atoms in total. The van der Waals surface area contributed by atoms with Crippen molar-refractivity contribution in [1.29, 1.82) is 0 Å². The Morgan fingerprint density at radius 3 is 2.29 bits per heavy atom. The van der Waals surface area contributed by atoms with Crippen LogP contribution in [0.15, 0.2) is 24.3 Å². The molecule has 0 saturated carbocycles. The number of aliphatic carboxylic acids is 1. The van der Waals surface area contributed by atoms with Gasteiger partial charge in [0.1, 0.15) is 11.7 Å². The summed E-state index contributed by atoms with van der Waals surface area (Å²) in [6.45, 7) is 0. The van der Waals surface area contributed by atoms with Crippen molar-refractivity contribution in [1.82, 2.24) is 0 Å². The smallest absolute Gasteiger partial charge is 0.313 e. The lowest BCUT2D eigenvalue weighted by Crippen LogP contribution is -2.17. The lowest BCUT2D eigenvalue weighted by atomic mass is 10.0. The predicted molar refractivity (Wildman–Crippen MR) is 70.3 cm³/mol. The van der Waals surface area contributed by atoms with Crippen LogP contribution >= 0.6 is 45.2 Å². The Balaban J connectivity index is 3.12. The Hall–Kier alpha value is -0.0500. The first-order valence-electron chi connectivity index (χ1n) is 3.83. The van der Waals surface area contributed by atoms with Gasteiger partial charge in [0, 0.05) is 5.56 Å². The number of aromatic hydroxyl groups is 1. The van der Waals surface area contributed by atoms with Crippen molar-refractivity contribution in [2.24, 2.45) is 0 Å². The van der Waals surface area contributed by atoms with Crippen molar-refractivity contribution in [3.8, 4) is 5.75 Å². The van der Waals surface area contributed by atoms with E-state index < -0.39 is 11.9 Å². The number of phenolic OH excluding ortho intramolecular Hbond substituents is 1. The molecule has 2 N–H and O–H groups in total. The fraction of sp³-hybridized carbons (Fsp3) is 0.222. The van der Waals surface area contributed by atoms with E-state index in [4.69, 9.17) is 5.11 Å². The highest BCUT2D eigenvalue weighted by Crippen LogP contribution is 2.34. The van der Waals surface area contributed by atoms with Gasteiger partial charge in [-0.15, -0.1) is 0 Å². The number of rotatable bonds is 3. The van der Waals surface area contributed by atoms with Crippen LogP contribution in [-0.2, 0) is 4.79 Å². The molecule has 0 amide bonds. The topological polar surface area (TPSA) is 57.5 Å². The standard InChI is InChI=1S/C9H8I2O3/c10-8(11)7(9(13)14)5-3-1-2-4-6(5)12/h1-4,7-8,12H,(H,13,14). The van der Waals surface area contributed by atoms with Crippen molar-refractivity contribution in [2.75, 3.05) is 0 Å². The van der Waals surface area contributed by atoms with Gasteiger partial charge in [-0.1, -0.05) is 63.4 Å². The first-order chi connectivity index (χ1) is 6.54. The molecule has 5 heteroatoms. The summed E-state index contributed by atoms with van der Waals surface area (Å²) < 4.78 is -0.101. The highest BCUT2D eigenvalue weighted by molar-refractivity contribution is 14.2. The number of carboxylic acids is 1. The highest BCUT2D eigenvalue weighted by Gasteiger charge is 2.27. The SMILES string of the molecule is O=C(O)C(c1ccccc1O)C(I)I. The van der Waals surface area contributed by atoms with Gasteiger partial charge in [0.25, 0.3) is 0 Å². The van der Waals surface area contributed by atoms with Gasteiger partial charge in [-0.25, -0.2) is 0 Å². The van der Waals surface area contributed by atoms with E-state index in [-0.39, 0.29) is 7.68 Å². The van der Waals surface area contributed by atoms with E-state index in [0.29, 0.717) is 5.56 Å². The molecule has 1 aromatic rings. The van der Waals surface area contributed by atoms with E-state index in [1.807, 2.05) is 45.2 Å².